The maximum atomic E-state index is 5.86. The molecule has 0 atom stereocenters. The molecular weight excluding hydrogens is 330 g/mol. The first-order chi connectivity index (χ1) is 12.8. The molecule has 0 bridgehead atoms. The van der Waals surface area contributed by atoms with E-state index >= 15 is 0 Å². The molecule has 126 valence electrons. The molecule has 0 saturated heterocycles. The first kappa shape index (κ1) is 14.4. The Bertz CT molecular complexity index is 1230. The molecule has 0 aliphatic rings. The molecule has 0 aliphatic heterocycles. The quantitative estimate of drug-likeness (QED) is 0.518. The molecule has 0 fully saturated rings. The molecule has 5 rings (SSSR count). The Hall–Kier alpha value is -3.94. The van der Waals surface area contributed by atoms with E-state index in [0.717, 1.165) is 16.6 Å². The lowest BCUT2D eigenvalue weighted by Gasteiger charge is -2.03. The number of nitrogens with one attached hydrogen (secondary N) is 1. The van der Waals surface area contributed by atoms with Gasteiger partial charge in [0.15, 0.2) is 22.9 Å². The molecule has 2 aromatic carbocycles. The highest BCUT2D eigenvalue weighted by molar-refractivity contribution is 5.90. The Labute approximate surface area is 147 Å². The van der Waals surface area contributed by atoms with Crippen LogP contribution >= 0.6 is 0 Å². The van der Waals surface area contributed by atoms with Gasteiger partial charge in [0.25, 0.3) is 0 Å². The summed E-state index contributed by atoms with van der Waals surface area (Å²) in [6.07, 6.45) is 1.70. The van der Waals surface area contributed by atoms with Crippen molar-refractivity contribution in [3.05, 3.63) is 60.8 Å². The minimum atomic E-state index is 0.346. The lowest BCUT2D eigenvalue weighted by atomic mass is 10.1. The predicted octanol–water partition coefficient (Wildman–Crippen LogP) is 3.26. The minimum absolute atomic E-state index is 0.346. The van der Waals surface area contributed by atoms with Gasteiger partial charge in [-0.2, -0.15) is 9.50 Å². The van der Waals surface area contributed by atoms with Gasteiger partial charge in [0.1, 0.15) is 0 Å². The van der Waals surface area contributed by atoms with Crippen molar-refractivity contribution in [3.8, 4) is 11.4 Å². The van der Waals surface area contributed by atoms with Gasteiger partial charge < -0.3 is 15.6 Å². The highest BCUT2D eigenvalue weighted by Crippen LogP contribution is 2.27. The van der Waals surface area contributed by atoms with Crippen molar-refractivity contribution < 1.29 is 4.52 Å². The van der Waals surface area contributed by atoms with E-state index in [0.29, 0.717) is 28.8 Å². The average Bonchev–Trinajstić information content (AvgIpc) is 3.25. The monoisotopic (exact) mass is 343 g/mol. The van der Waals surface area contributed by atoms with E-state index in [1.165, 1.54) is 0 Å². The van der Waals surface area contributed by atoms with Gasteiger partial charge >= 0.3 is 0 Å². The standard InChI is InChI=1S/C18H13N7O/c19-16-13-10-11(6-7-14(13)26-24-16)17-20-9-8-15-22-18(23-25(15)17)21-12-4-2-1-3-5-12/h1-10H,(H2,19,24)(H,21,23). The zero-order valence-corrected chi connectivity index (χ0v) is 13.5. The van der Waals surface area contributed by atoms with Crippen molar-refractivity contribution in [2.75, 3.05) is 11.1 Å². The molecule has 8 heteroatoms. The Morgan fingerprint density at radius 2 is 1.92 bits per heavy atom. The van der Waals surface area contributed by atoms with Crippen LogP contribution in [0.4, 0.5) is 17.5 Å². The van der Waals surface area contributed by atoms with Gasteiger partial charge in [-0.3, -0.25) is 0 Å². The summed E-state index contributed by atoms with van der Waals surface area (Å²) in [7, 11) is 0. The van der Waals surface area contributed by atoms with E-state index in [9.17, 15) is 0 Å². The van der Waals surface area contributed by atoms with E-state index in [-0.39, 0.29) is 0 Å². The van der Waals surface area contributed by atoms with Crippen LogP contribution in [0.5, 0.6) is 0 Å². The first-order valence-electron chi connectivity index (χ1n) is 7.97. The van der Waals surface area contributed by atoms with Crippen molar-refractivity contribution >= 4 is 34.1 Å². The Kier molecular flexibility index (Phi) is 3.08. The van der Waals surface area contributed by atoms with Crippen molar-refractivity contribution in [2.45, 2.75) is 0 Å². The number of para-hydroxylation sites is 1. The fourth-order valence-electron chi connectivity index (χ4n) is 2.81. The molecule has 0 unspecified atom stereocenters. The summed E-state index contributed by atoms with van der Waals surface area (Å²) in [5.41, 5.74) is 8.93. The first-order valence-corrected chi connectivity index (χ1v) is 7.97. The zero-order valence-electron chi connectivity index (χ0n) is 13.5. The number of anilines is 3. The minimum Gasteiger partial charge on any atom is -0.380 e. The molecular formula is C18H13N7O. The number of nitrogens with two attached hydrogens (primary N) is 1. The van der Waals surface area contributed by atoms with Crippen LogP contribution < -0.4 is 11.1 Å². The normalized spacial score (nSPS) is 11.2. The van der Waals surface area contributed by atoms with Crippen molar-refractivity contribution in [2.24, 2.45) is 0 Å². The van der Waals surface area contributed by atoms with Crippen molar-refractivity contribution in [1.29, 1.82) is 0 Å². The van der Waals surface area contributed by atoms with Crippen molar-refractivity contribution in [1.82, 2.24) is 24.7 Å². The smallest absolute Gasteiger partial charge is 0.247 e. The second kappa shape index (κ2) is 5.55. The molecule has 3 aromatic heterocycles. The van der Waals surface area contributed by atoms with Gasteiger partial charge in [0.05, 0.1) is 5.39 Å². The van der Waals surface area contributed by atoms with Crippen LogP contribution in [0.2, 0.25) is 0 Å². The highest BCUT2D eigenvalue weighted by atomic mass is 16.5. The fraction of sp³-hybridized carbons (Fsp3) is 0. The number of benzene rings is 2. The summed E-state index contributed by atoms with van der Waals surface area (Å²) in [5, 5.41) is 12.2. The Morgan fingerprint density at radius 3 is 2.81 bits per heavy atom. The summed E-state index contributed by atoms with van der Waals surface area (Å²) in [6, 6.07) is 17.1. The molecule has 5 aromatic rings. The van der Waals surface area contributed by atoms with Gasteiger partial charge in [0.2, 0.25) is 5.95 Å². The lowest BCUT2D eigenvalue weighted by molar-refractivity contribution is 0.460. The molecule has 8 nitrogen and oxygen atoms in total. The molecule has 3 N–H and O–H groups in total. The Morgan fingerprint density at radius 1 is 1.04 bits per heavy atom. The van der Waals surface area contributed by atoms with E-state index in [4.69, 9.17) is 10.3 Å². The summed E-state index contributed by atoms with van der Waals surface area (Å²) < 4.78 is 6.85. The van der Waals surface area contributed by atoms with Crippen LogP contribution in [-0.4, -0.2) is 24.7 Å². The van der Waals surface area contributed by atoms with E-state index in [1.54, 1.807) is 16.8 Å². The molecule has 0 radical (unpaired) electrons. The van der Waals surface area contributed by atoms with Crippen LogP contribution in [0.3, 0.4) is 0 Å². The number of rotatable bonds is 3. The second-order valence-corrected chi connectivity index (χ2v) is 5.74. The number of nitrogen functional groups attached to an aromatic ring is 1. The maximum absolute atomic E-state index is 5.86. The van der Waals surface area contributed by atoms with Gasteiger partial charge in [0, 0.05) is 23.5 Å². The van der Waals surface area contributed by atoms with Gasteiger partial charge in [-0.15, -0.1) is 5.10 Å². The van der Waals surface area contributed by atoms with E-state index < -0.39 is 0 Å². The molecule has 0 amide bonds. The van der Waals surface area contributed by atoms with Gasteiger partial charge in [-0.1, -0.05) is 23.4 Å². The number of aromatic nitrogens is 5. The lowest BCUT2D eigenvalue weighted by Crippen LogP contribution is -1.98. The summed E-state index contributed by atoms with van der Waals surface area (Å²) in [5.74, 6) is 1.49. The Balaban J connectivity index is 1.62. The molecule has 26 heavy (non-hydrogen) atoms. The van der Waals surface area contributed by atoms with Crippen LogP contribution in [0.25, 0.3) is 28.0 Å². The third-order valence-electron chi connectivity index (χ3n) is 4.04. The molecule has 0 saturated carbocycles. The van der Waals surface area contributed by atoms with Crippen LogP contribution in [0, 0.1) is 0 Å². The number of nitrogens with zero attached hydrogens (tertiary/aromatic N) is 5. The maximum Gasteiger partial charge on any atom is 0.247 e. The third-order valence-corrected chi connectivity index (χ3v) is 4.04. The highest BCUT2D eigenvalue weighted by Gasteiger charge is 2.13. The zero-order chi connectivity index (χ0) is 17.5. The molecule has 3 heterocycles. The summed E-state index contributed by atoms with van der Waals surface area (Å²) in [4.78, 5) is 8.97. The van der Waals surface area contributed by atoms with Gasteiger partial charge in [-0.05, 0) is 30.3 Å². The molecule has 0 aliphatic carbocycles. The van der Waals surface area contributed by atoms with Crippen LogP contribution in [0.15, 0.2) is 65.3 Å². The van der Waals surface area contributed by atoms with Crippen LogP contribution in [0.1, 0.15) is 0 Å². The topological polar surface area (TPSA) is 107 Å². The SMILES string of the molecule is Nc1noc2ccc(-c3nccc4nc(Nc5ccccc5)nn34)cc12. The largest absolute Gasteiger partial charge is 0.380 e. The van der Waals surface area contributed by atoms with E-state index in [1.807, 2.05) is 48.5 Å². The number of hydrogen-bond acceptors (Lipinski definition) is 7. The van der Waals surface area contributed by atoms with Gasteiger partial charge in [-0.25, -0.2) is 4.98 Å². The summed E-state index contributed by atoms with van der Waals surface area (Å²) in [6.45, 7) is 0. The summed E-state index contributed by atoms with van der Waals surface area (Å²) >= 11 is 0. The number of hydrogen-bond donors (Lipinski definition) is 2. The third kappa shape index (κ3) is 2.32. The van der Waals surface area contributed by atoms with Crippen LogP contribution in [-0.2, 0) is 0 Å². The van der Waals surface area contributed by atoms with Crippen molar-refractivity contribution in [3.63, 3.8) is 0 Å². The average molecular weight is 343 g/mol. The number of fused-ring (bicyclic) bond motifs is 2. The fourth-order valence-corrected chi connectivity index (χ4v) is 2.81. The van der Waals surface area contributed by atoms with E-state index in [2.05, 4.69) is 25.5 Å². The predicted molar refractivity (Wildman–Crippen MR) is 97.9 cm³/mol. The molecule has 0 spiro atoms. The second-order valence-electron chi connectivity index (χ2n) is 5.74.